The van der Waals surface area contributed by atoms with Crippen molar-refractivity contribution in [3.63, 3.8) is 0 Å². The molecule has 1 amide bonds. The van der Waals surface area contributed by atoms with E-state index in [0.29, 0.717) is 19.0 Å². The Morgan fingerprint density at radius 2 is 2.17 bits per heavy atom. The van der Waals surface area contributed by atoms with Crippen LogP contribution < -0.4 is 11.1 Å². The predicted octanol–water partition coefficient (Wildman–Crippen LogP) is 1.49. The number of hydrogen-bond donors (Lipinski definition) is 3. The van der Waals surface area contributed by atoms with Crippen LogP contribution in [0.15, 0.2) is 49.1 Å². The van der Waals surface area contributed by atoms with E-state index in [0.717, 1.165) is 41.0 Å². The van der Waals surface area contributed by atoms with E-state index in [-0.39, 0.29) is 11.7 Å². The Balaban J connectivity index is 1.49. The van der Waals surface area contributed by atoms with Gasteiger partial charge in [-0.15, -0.1) is 5.10 Å². The first-order chi connectivity index (χ1) is 17.4. The van der Waals surface area contributed by atoms with E-state index >= 15 is 0 Å². The number of anilines is 2. The summed E-state index contributed by atoms with van der Waals surface area (Å²) in [6.45, 7) is 3.74. The SMILES string of the molecule is C[C@@H](O)CN1CC[C@@H](n2cc(C(N)=O)nn2)c2ccc(-c3ccnc(Nc4cnn(C)c4)n3)cc2C1. The number of carbonyl (C=O) groups is 1. The fourth-order valence-corrected chi connectivity index (χ4v) is 4.55. The van der Waals surface area contributed by atoms with E-state index in [9.17, 15) is 9.90 Å². The zero-order chi connectivity index (χ0) is 25.2. The largest absolute Gasteiger partial charge is 0.392 e. The maximum absolute atomic E-state index is 11.6. The molecule has 4 heterocycles. The first kappa shape index (κ1) is 23.6. The van der Waals surface area contributed by atoms with E-state index in [1.165, 1.54) is 0 Å². The van der Waals surface area contributed by atoms with Crippen molar-refractivity contribution in [3.05, 3.63) is 65.9 Å². The number of rotatable bonds is 7. The van der Waals surface area contributed by atoms with Crippen molar-refractivity contribution in [2.75, 3.05) is 18.4 Å². The molecule has 0 aliphatic carbocycles. The smallest absolute Gasteiger partial charge is 0.270 e. The number of nitrogens with one attached hydrogen (secondary N) is 1. The highest BCUT2D eigenvalue weighted by Crippen LogP contribution is 2.33. The average Bonchev–Trinajstić information content (AvgIpc) is 3.45. The molecule has 1 aliphatic rings. The number of benzene rings is 1. The summed E-state index contributed by atoms with van der Waals surface area (Å²) in [5.74, 6) is -0.133. The predicted molar refractivity (Wildman–Crippen MR) is 132 cm³/mol. The minimum atomic E-state index is -0.611. The molecule has 4 N–H and O–H groups in total. The Bertz CT molecular complexity index is 1380. The van der Waals surface area contributed by atoms with Crippen molar-refractivity contribution in [3.8, 4) is 11.3 Å². The summed E-state index contributed by atoms with van der Waals surface area (Å²) in [4.78, 5) is 22.8. The van der Waals surface area contributed by atoms with Crippen molar-refractivity contribution in [2.24, 2.45) is 12.8 Å². The van der Waals surface area contributed by atoms with Gasteiger partial charge in [0.1, 0.15) is 0 Å². The number of primary amides is 1. The zero-order valence-corrected chi connectivity index (χ0v) is 20.1. The Morgan fingerprint density at radius 1 is 1.31 bits per heavy atom. The third-order valence-electron chi connectivity index (χ3n) is 6.13. The number of aryl methyl sites for hydroxylation is 1. The van der Waals surface area contributed by atoms with Gasteiger partial charge in [0.05, 0.1) is 35.9 Å². The minimum absolute atomic E-state index is 0.123. The molecule has 1 aromatic carbocycles. The second-order valence-electron chi connectivity index (χ2n) is 9.04. The molecule has 0 radical (unpaired) electrons. The molecule has 0 saturated carbocycles. The zero-order valence-electron chi connectivity index (χ0n) is 20.1. The molecule has 0 bridgehead atoms. The highest BCUT2D eigenvalue weighted by molar-refractivity contribution is 5.90. The van der Waals surface area contributed by atoms with Gasteiger partial charge in [-0.3, -0.25) is 14.4 Å². The first-order valence-corrected chi connectivity index (χ1v) is 11.7. The third kappa shape index (κ3) is 5.09. The van der Waals surface area contributed by atoms with Crippen LogP contribution in [-0.4, -0.2) is 69.8 Å². The number of aliphatic hydroxyl groups is 1. The number of fused-ring (bicyclic) bond motifs is 1. The number of aliphatic hydroxyl groups excluding tert-OH is 1. The van der Waals surface area contributed by atoms with Crippen LogP contribution in [0, 0.1) is 0 Å². The molecule has 3 aromatic heterocycles. The fraction of sp³-hybridized carbons (Fsp3) is 0.333. The van der Waals surface area contributed by atoms with Gasteiger partial charge >= 0.3 is 0 Å². The molecule has 0 fully saturated rings. The lowest BCUT2D eigenvalue weighted by atomic mass is 9.96. The highest BCUT2D eigenvalue weighted by Gasteiger charge is 2.26. The maximum Gasteiger partial charge on any atom is 0.270 e. The molecule has 4 aromatic rings. The molecule has 5 rings (SSSR count). The summed E-state index contributed by atoms with van der Waals surface area (Å²) >= 11 is 0. The molecule has 0 unspecified atom stereocenters. The Labute approximate surface area is 207 Å². The van der Waals surface area contributed by atoms with Crippen LogP contribution in [0.1, 0.15) is 41.0 Å². The molecule has 12 heteroatoms. The molecule has 36 heavy (non-hydrogen) atoms. The van der Waals surface area contributed by atoms with Crippen molar-refractivity contribution in [1.82, 2.24) is 39.6 Å². The van der Waals surface area contributed by atoms with Crippen LogP contribution in [0.2, 0.25) is 0 Å². The highest BCUT2D eigenvalue weighted by atomic mass is 16.3. The van der Waals surface area contributed by atoms with Gasteiger partial charge in [0.15, 0.2) is 5.69 Å². The monoisotopic (exact) mass is 488 g/mol. The van der Waals surface area contributed by atoms with Crippen LogP contribution in [0.3, 0.4) is 0 Å². The minimum Gasteiger partial charge on any atom is -0.392 e. The van der Waals surface area contributed by atoms with E-state index < -0.39 is 12.0 Å². The lowest BCUT2D eigenvalue weighted by Crippen LogP contribution is -2.31. The number of nitrogens with two attached hydrogens (primary N) is 1. The molecular weight excluding hydrogens is 460 g/mol. The molecule has 186 valence electrons. The van der Waals surface area contributed by atoms with Crippen LogP contribution in [0.5, 0.6) is 0 Å². The third-order valence-corrected chi connectivity index (χ3v) is 6.13. The first-order valence-electron chi connectivity index (χ1n) is 11.7. The average molecular weight is 489 g/mol. The van der Waals surface area contributed by atoms with Crippen molar-refractivity contribution < 1.29 is 9.90 Å². The van der Waals surface area contributed by atoms with Gasteiger partial charge in [0.2, 0.25) is 5.95 Å². The van der Waals surface area contributed by atoms with Crippen molar-refractivity contribution in [2.45, 2.75) is 32.0 Å². The van der Waals surface area contributed by atoms with Gasteiger partial charge in [0, 0.05) is 44.6 Å². The number of carbonyl (C=O) groups excluding carboxylic acids is 1. The van der Waals surface area contributed by atoms with Crippen LogP contribution in [0.25, 0.3) is 11.3 Å². The summed E-state index contributed by atoms with van der Waals surface area (Å²) in [6.07, 6.45) is 7.16. The summed E-state index contributed by atoms with van der Waals surface area (Å²) in [5, 5.41) is 25.5. The van der Waals surface area contributed by atoms with Crippen LogP contribution in [-0.2, 0) is 13.6 Å². The van der Waals surface area contributed by atoms with E-state index in [1.807, 2.05) is 25.4 Å². The van der Waals surface area contributed by atoms with Gasteiger partial charge in [0.25, 0.3) is 5.91 Å². The number of amides is 1. The molecule has 0 saturated heterocycles. The molecule has 2 atom stereocenters. The van der Waals surface area contributed by atoms with E-state index in [2.05, 4.69) is 42.7 Å². The second-order valence-corrected chi connectivity index (χ2v) is 9.04. The van der Waals surface area contributed by atoms with E-state index in [1.54, 1.807) is 34.9 Å². The summed E-state index contributed by atoms with van der Waals surface area (Å²) in [7, 11) is 1.85. The lowest BCUT2D eigenvalue weighted by Gasteiger charge is -2.22. The summed E-state index contributed by atoms with van der Waals surface area (Å²) in [5.41, 5.74) is 10.2. The molecular formula is C24H28N10O2. The Hall–Kier alpha value is -4.16. The molecule has 1 aliphatic heterocycles. The number of aromatic nitrogens is 7. The Morgan fingerprint density at radius 3 is 2.89 bits per heavy atom. The van der Waals surface area contributed by atoms with Crippen LogP contribution >= 0.6 is 0 Å². The summed E-state index contributed by atoms with van der Waals surface area (Å²) < 4.78 is 3.40. The molecule has 0 spiro atoms. The van der Waals surface area contributed by atoms with Gasteiger partial charge in [-0.2, -0.15) is 5.10 Å². The van der Waals surface area contributed by atoms with Gasteiger partial charge in [-0.25, -0.2) is 14.6 Å². The summed E-state index contributed by atoms with van der Waals surface area (Å²) in [6, 6.07) is 7.96. The van der Waals surface area contributed by atoms with Crippen molar-refractivity contribution >= 4 is 17.5 Å². The normalized spacial score (nSPS) is 16.8. The second kappa shape index (κ2) is 9.84. The van der Waals surface area contributed by atoms with Crippen LogP contribution in [0.4, 0.5) is 11.6 Å². The van der Waals surface area contributed by atoms with Gasteiger partial charge in [-0.05, 0) is 36.6 Å². The van der Waals surface area contributed by atoms with Gasteiger partial charge in [-0.1, -0.05) is 17.3 Å². The standard InChI is InChI=1S/C24H28N10O2/c1-15(35)11-33-8-6-22(34-14-21(23(25)36)30-31-34)19-4-3-16(9-17(19)12-33)20-5-7-26-24(29-20)28-18-10-27-32(2)13-18/h3-5,7,9-10,13-15,22,35H,6,8,11-12H2,1-2H3,(H2,25,36)(H,26,28,29)/t15-,22-/m1/s1. The number of nitrogens with zero attached hydrogens (tertiary/aromatic N) is 8. The van der Waals surface area contributed by atoms with Crippen molar-refractivity contribution in [1.29, 1.82) is 0 Å². The number of β-amino-alcohol motifs (C(OH)–C–C–N with tert-alkyl or cyclic N) is 1. The maximum atomic E-state index is 11.6. The van der Waals surface area contributed by atoms with Gasteiger partial charge < -0.3 is 16.2 Å². The fourth-order valence-electron chi connectivity index (χ4n) is 4.55. The quantitative estimate of drug-likeness (QED) is 0.351. The molecule has 12 nitrogen and oxygen atoms in total. The lowest BCUT2D eigenvalue weighted by molar-refractivity contribution is 0.0995. The van der Waals surface area contributed by atoms with E-state index in [4.69, 9.17) is 10.7 Å². The number of hydrogen-bond acceptors (Lipinski definition) is 9. The topological polar surface area (TPSA) is 153 Å². The Kier molecular flexibility index (Phi) is 6.44.